The molecule has 116 valence electrons. The van der Waals surface area contributed by atoms with Crippen LogP contribution >= 0.6 is 12.4 Å². The Morgan fingerprint density at radius 3 is 2.60 bits per heavy atom. The molecule has 3 saturated carbocycles. The summed E-state index contributed by atoms with van der Waals surface area (Å²) in [6, 6.07) is 0.102. The SMILES string of the molecule is Cl.NC1C2CCC(C2)C1C(=O)NCCCOCC1CC1. The van der Waals surface area contributed by atoms with Crippen LogP contribution in [-0.2, 0) is 9.53 Å². The molecule has 0 radical (unpaired) electrons. The minimum absolute atomic E-state index is 0. The van der Waals surface area contributed by atoms with Crippen LogP contribution in [0.15, 0.2) is 0 Å². The molecular formula is C15H27ClN2O2. The normalized spacial score (nSPS) is 34.9. The number of ether oxygens (including phenoxy) is 1. The number of nitrogens with one attached hydrogen (secondary N) is 1. The summed E-state index contributed by atoms with van der Waals surface area (Å²) < 4.78 is 5.56. The Morgan fingerprint density at radius 2 is 1.95 bits per heavy atom. The van der Waals surface area contributed by atoms with Crippen LogP contribution in [0.25, 0.3) is 0 Å². The molecule has 20 heavy (non-hydrogen) atoms. The minimum atomic E-state index is 0. The molecule has 5 heteroatoms. The van der Waals surface area contributed by atoms with Gasteiger partial charge in [0.15, 0.2) is 0 Å². The van der Waals surface area contributed by atoms with Gasteiger partial charge in [-0.2, -0.15) is 0 Å². The van der Waals surface area contributed by atoms with Crippen molar-refractivity contribution in [2.24, 2.45) is 29.4 Å². The van der Waals surface area contributed by atoms with Gasteiger partial charge >= 0.3 is 0 Å². The molecule has 0 aromatic carbocycles. The summed E-state index contributed by atoms with van der Waals surface area (Å²) in [5.74, 6) is 2.23. The summed E-state index contributed by atoms with van der Waals surface area (Å²) in [4.78, 5) is 12.2. The van der Waals surface area contributed by atoms with Gasteiger partial charge in [0.2, 0.25) is 5.91 Å². The van der Waals surface area contributed by atoms with Crippen molar-refractivity contribution < 1.29 is 9.53 Å². The molecule has 3 rings (SSSR count). The Kier molecular flexibility index (Phi) is 5.70. The molecule has 2 bridgehead atoms. The Balaban J connectivity index is 0.00000147. The summed E-state index contributed by atoms with van der Waals surface area (Å²) in [5, 5.41) is 3.04. The summed E-state index contributed by atoms with van der Waals surface area (Å²) in [6.45, 7) is 2.40. The molecule has 4 nitrogen and oxygen atoms in total. The van der Waals surface area contributed by atoms with Crippen molar-refractivity contribution in [2.45, 2.75) is 44.6 Å². The number of halogens is 1. The first-order chi connectivity index (χ1) is 9.25. The molecular weight excluding hydrogens is 276 g/mol. The molecule has 3 N–H and O–H groups in total. The van der Waals surface area contributed by atoms with Crippen LogP contribution in [0, 0.1) is 23.7 Å². The number of fused-ring (bicyclic) bond motifs is 2. The van der Waals surface area contributed by atoms with E-state index in [0.717, 1.165) is 32.1 Å². The van der Waals surface area contributed by atoms with Crippen molar-refractivity contribution in [3.8, 4) is 0 Å². The molecule has 3 aliphatic carbocycles. The van der Waals surface area contributed by atoms with Gasteiger partial charge in [-0.25, -0.2) is 0 Å². The standard InChI is InChI=1S/C15H26N2O2.ClH/c16-14-12-5-4-11(8-12)13(14)15(18)17-6-1-7-19-9-10-2-3-10;/h10-14H,1-9,16H2,(H,17,18);1H. The van der Waals surface area contributed by atoms with Gasteiger partial charge in [0, 0.05) is 25.8 Å². The lowest BCUT2D eigenvalue weighted by Gasteiger charge is -2.27. The molecule has 4 atom stereocenters. The fraction of sp³-hybridized carbons (Fsp3) is 0.933. The third kappa shape index (κ3) is 3.66. The smallest absolute Gasteiger partial charge is 0.224 e. The van der Waals surface area contributed by atoms with E-state index in [1.165, 1.54) is 32.1 Å². The highest BCUT2D eigenvalue weighted by Gasteiger charge is 2.48. The first-order valence-corrected chi connectivity index (χ1v) is 7.86. The highest BCUT2D eigenvalue weighted by molar-refractivity contribution is 5.85. The van der Waals surface area contributed by atoms with E-state index in [2.05, 4.69) is 5.32 Å². The minimum Gasteiger partial charge on any atom is -0.381 e. The molecule has 0 aromatic heterocycles. The van der Waals surface area contributed by atoms with Gasteiger partial charge in [-0.05, 0) is 56.3 Å². The van der Waals surface area contributed by atoms with E-state index in [1.54, 1.807) is 0 Å². The van der Waals surface area contributed by atoms with Crippen LogP contribution in [-0.4, -0.2) is 31.7 Å². The lowest BCUT2D eigenvalue weighted by Crippen LogP contribution is -2.45. The van der Waals surface area contributed by atoms with Gasteiger partial charge in [0.25, 0.3) is 0 Å². The van der Waals surface area contributed by atoms with Gasteiger partial charge in [-0.3, -0.25) is 4.79 Å². The topological polar surface area (TPSA) is 64.4 Å². The van der Waals surface area contributed by atoms with Crippen molar-refractivity contribution in [2.75, 3.05) is 19.8 Å². The van der Waals surface area contributed by atoms with Crippen LogP contribution in [0.1, 0.15) is 38.5 Å². The second-order valence-corrected chi connectivity index (χ2v) is 6.60. The van der Waals surface area contributed by atoms with E-state index in [4.69, 9.17) is 10.5 Å². The predicted molar refractivity (Wildman–Crippen MR) is 80.7 cm³/mol. The monoisotopic (exact) mass is 302 g/mol. The third-order valence-corrected chi connectivity index (χ3v) is 5.10. The first-order valence-electron chi connectivity index (χ1n) is 7.86. The Labute approximate surface area is 127 Å². The molecule has 0 heterocycles. The molecule has 0 aliphatic heterocycles. The van der Waals surface area contributed by atoms with Gasteiger partial charge < -0.3 is 15.8 Å². The van der Waals surface area contributed by atoms with Crippen molar-refractivity contribution in [3.05, 3.63) is 0 Å². The van der Waals surface area contributed by atoms with Gasteiger partial charge in [0.1, 0.15) is 0 Å². The third-order valence-electron chi connectivity index (χ3n) is 5.10. The van der Waals surface area contributed by atoms with E-state index in [-0.39, 0.29) is 30.3 Å². The number of rotatable bonds is 7. The van der Waals surface area contributed by atoms with Crippen LogP contribution in [0.5, 0.6) is 0 Å². The Hall–Kier alpha value is -0.320. The van der Waals surface area contributed by atoms with Crippen molar-refractivity contribution in [3.63, 3.8) is 0 Å². The van der Waals surface area contributed by atoms with Crippen LogP contribution < -0.4 is 11.1 Å². The molecule has 0 spiro atoms. The summed E-state index contributed by atoms with van der Waals surface area (Å²) in [6.07, 6.45) is 7.17. The van der Waals surface area contributed by atoms with E-state index in [1.807, 2.05) is 0 Å². The molecule has 1 amide bonds. The van der Waals surface area contributed by atoms with Gasteiger partial charge in [0.05, 0.1) is 5.92 Å². The number of hydrogen-bond donors (Lipinski definition) is 2. The number of hydrogen-bond acceptors (Lipinski definition) is 3. The van der Waals surface area contributed by atoms with Crippen molar-refractivity contribution in [1.29, 1.82) is 0 Å². The maximum absolute atomic E-state index is 12.2. The summed E-state index contributed by atoms with van der Waals surface area (Å²) >= 11 is 0. The fourth-order valence-corrected chi connectivity index (χ4v) is 3.76. The van der Waals surface area contributed by atoms with Gasteiger partial charge in [-0.15, -0.1) is 12.4 Å². The second kappa shape index (κ2) is 7.10. The van der Waals surface area contributed by atoms with E-state index < -0.39 is 0 Å². The van der Waals surface area contributed by atoms with Gasteiger partial charge in [-0.1, -0.05) is 0 Å². The largest absolute Gasteiger partial charge is 0.381 e. The van der Waals surface area contributed by atoms with E-state index in [0.29, 0.717) is 11.8 Å². The lowest BCUT2D eigenvalue weighted by atomic mass is 9.84. The van der Waals surface area contributed by atoms with Crippen LogP contribution in [0.3, 0.4) is 0 Å². The summed E-state index contributed by atoms with van der Waals surface area (Å²) in [5.41, 5.74) is 6.17. The molecule has 3 aliphatic rings. The zero-order valence-corrected chi connectivity index (χ0v) is 12.9. The average Bonchev–Trinajstić information content (AvgIpc) is 3.01. The summed E-state index contributed by atoms with van der Waals surface area (Å²) in [7, 11) is 0. The van der Waals surface area contributed by atoms with Crippen LogP contribution in [0.2, 0.25) is 0 Å². The molecule has 4 unspecified atom stereocenters. The molecule has 3 fully saturated rings. The van der Waals surface area contributed by atoms with E-state index in [9.17, 15) is 4.79 Å². The fourth-order valence-electron chi connectivity index (χ4n) is 3.76. The number of amides is 1. The second-order valence-electron chi connectivity index (χ2n) is 6.60. The molecule has 0 aromatic rings. The van der Waals surface area contributed by atoms with E-state index >= 15 is 0 Å². The zero-order valence-electron chi connectivity index (χ0n) is 12.1. The Bertz CT molecular complexity index is 334. The highest BCUT2D eigenvalue weighted by Crippen LogP contribution is 2.47. The highest BCUT2D eigenvalue weighted by atomic mass is 35.5. The maximum atomic E-state index is 12.2. The predicted octanol–water partition coefficient (Wildman–Crippen LogP) is 1.71. The quantitative estimate of drug-likeness (QED) is 0.704. The van der Waals surface area contributed by atoms with Crippen molar-refractivity contribution >= 4 is 18.3 Å². The number of nitrogens with two attached hydrogens (primary N) is 1. The lowest BCUT2D eigenvalue weighted by molar-refractivity contribution is -0.127. The maximum Gasteiger partial charge on any atom is 0.224 e. The van der Waals surface area contributed by atoms with Crippen LogP contribution in [0.4, 0.5) is 0 Å². The molecule has 0 saturated heterocycles. The first kappa shape index (κ1) is 16.1. The number of carbonyl (C=O) groups excluding carboxylic acids is 1. The zero-order chi connectivity index (χ0) is 13.2. The number of carbonyl (C=O) groups is 1. The Morgan fingerprint density at radius 1 is 1.20 bits per heavy atom. The average molecular weight is 303 g/mol. The van der Waals surface area contributed by atoms with Crippen molar-refractivity contribution in [1.82, 2.24) is 5.32 Å².